The molecular weight excluding hydrogens is 484 g/mol. The first-order valence-corrected chi connectivity index (χ1v) is 13.8. The third kappa shape index (κ3) is 6.34. The standard InChI is InChI=1S/C30H36N2O4S/c1-5-15-31(30(34)23-7-6-8-25(18-23)35-4)19-29(33)32-16-13-28-26(14-17-37-28)27(32)20-36-24-11-9-22(10-12-24)21(2)3/h6-12,14,17-18,21,27H,5,13,15-16,19-20H2,1-4H3/t27-/m1/s1. The van der Waals surface area contributed by atoms with Gasteiger partial charge in [-0.1, -0.05) is 39.0 Å². The van der Waals surface area contributed by atoms with Gasteiger partial charge in [0.25, 0.3) is 5.91 Å². The van der Waals surface area contributed by atoms with Crippen LogP contribution in [0.25, 0.3) is 0 Å². The molecule has 0 bridgehead atoms. The minimum Gasteiger partial charge on any atom is -0.497 e. The summed E-state index contributed by atoms with van der Waals surface area (Å²) >= 11 is 1.73. The lowest BCUT2D eigenvalue weighted by molar-refractivity contribution is -0.135. The molecule has 0 spiro atoms. The maximum absolute atomic E-state index is 13.7. The molecule has 0 saturated carbocycles. The van der Waals surface area contributed by atoms with Gasteiger partial charge in [-0.15, -0.1) is 11.3 Å². The first-order valence-electron chi connectivity index (χ1n) is 12.9. The van der Waals surface area contributed by atoms with Crippen molar-refractivity contribution in [3.8, 4) is 11.5 Å². The zero-order valence-corrected chi connectivity index (χ0v) is 22.9. The van der Waals surface area contributed by atoms with Crippen molar-refractivity contribution in [2.75, 3.05) is 33.4 Å². The summed E-state index contributed by atoms with van der Waals surface area (Å²) in [5.41, 5.74) is 2.92. The Morgan fingerprint density at radius 3 is 2.59 bits per heavy atom. The summed E-state index contributed by atoms with van der Waals surface area (Å²) < 4.78 is 11.5. The van der Waals surface area contributed by atoms with E-state index in [1.165, 1.54) is 10.4 Å². The van der Waals surface area contributed by atoms with Crippen molar-refractivity contribution in [3.05, 3.63) is 81.5 Å². The van der Waals surface area contributed by atoms with E-state index in [-0.39, 0.29) is 24.4 Å². The Kier molecular flexibility index (Phi) is 8.87. The number of thiophene rings is 1. The molecule has 1 aromatic heterocycles. The number of rotatable bonds is 10. The number of benzene rings is 2. The fourth-order valence-electron chi connectivity index (χ4n) is 4.71. The molecule has 2 heterocycles. The summed E-state index contributed by atoms with van der Waals surface area (Å²) in [7, 11) is 1.58. The highest BCUT2D eigenvalue weighted by Crippen LogP contribution is 2.34. The van der Waals surface area contributed by atoms with Gasteiger partial charge in [0.1, 0.15) is 24.7 Å². The number of ether oxygens (including phenoxy) is 2. The molecule has 0 unspecified atom stereocenters. The van der Waals surface area contributed by atoms with E-state index in [0.29, 0.717) is 36.9 Å². The third-order valence-corrected chi connectivity index (χ3v) is 7.79. The van der Waals surface area contributed by atoms with E-state index in [9.17, 15) is 9.59 Å². The van der Waals surface area contributed by atoms with Gasteiger partial charge in [0.2, 0.25) is 5.91 Å². The van der Waals surface area contributed by atoms with Crippen molar-refractivity contribution >= 4 is 23.2 Å². The van der Waals surface area contributed by atoms with Crippen LogP contribution in [0.3, 0.4) is 0 Å². The van der Waals surface area contributed by atoms with Gasteiger partial charge in [-0.2, -0.15) is 0 Å². The van der Waals surface area contributed by atoms with Crippen molar-refractivity contribution < 1.29 is 19.1 Å². The predicted molar refractivity (Wildman–Crippen MR) is 148 cm³/mol. The van der Waals surface area contributed by atoms with Crippen LogP contribution >= 0.6 is 11.3 Å². The van der Waals surface area contributed by atoms with Gasteiger partial charge in [-0.3, -0.25) is 9.59 Å². The molecule has 4 rings (SSSR count). The number of hydrogen-bond donors (Lipinski definition) is 0. The van der Waals surface area contributed by atoms with Gasteiger partial charge in [-0.25, -0.2) is 0 Å². The molecule has 196 valence electrons. The average Bonchev–Trinajstić information content (AvgIpc) is 3.40. The van der Waals surface area contributed by atoms with Crippen molar-refractivity contribution in [2.45, 2.75) is 45.6 Å². The Labute approximate surface area is 223 Å². The molecule has 6 nitrogen and oxygen atoms in total. The molecule has 1 aliphatic rings. The van der Waals surface area contributed by atoms with E-state index >= 15 is 0 Å². The second kappa shape index (κ2) is 12.3. The van der Waals surface area contributed by atoms with E-state index in [1.807, 2.05) is 24.0 Å². The smallest absolute Gasteiger partial charge is 0.254 e. The molecule has 0 fully saturated rings. The zero-order chi connectivity index (χ0) is 26.4. The van der Waals surface area contributed by atoms with Crippen LogP contribution in [0.4, 0.5) is 0 Å². The van der Waals surface area contributed by atoms with E-state index in [2.05, 4.69) is 37.4 Å². The molecule has 2 aromatic carbocycles. The predicted octanol–water partition coefficient (Wildman–Crippen LogP) is 5.94. The lowest BCUT2D eigenvalue weighted by atomic mass is 10.00. The van der Waals surface area contributed by atoms with Gasteiger partial charge < -0.3 is 19.3 Å². The molecule has 2 amide bonds. The highest BCUT2D eigenvalue weighted by Gasteiger charge is 2.33. The Bertz CT molecular complexity index is 1200. The molecule has 1 aliphatic heterocycles. The lowest BCUT2D eigenvalue weighted by Crippen LogP contribution is -2.48. The van der Waals surface area contributed by atoms with Crippen molar-refractivity contribution in [3.63, 3.8) is 0 Å². The Morgan fingerprint density at radius 2 is 1.89 bits per heavy atom. The number of hydrogen-bond acceptors (Lipinski definition) is 5. The van der Waals surface area contributed by atoms with Gasteiger partial charge in [0, 0.05) is 23.5 Å². The molecular formula is C30H36N2O4S. The lowest BCUT2D eigenvalue weighted by Gasteiger charge is -2.37. The Morgan fingerprint density at radius 1 is 1.11 bits per heavy atom. The summed E-state index contributed by atoms with van der Waals surface area (Å²) in [6, 6.07) is 17.2. The number of carbonyl (C=O) groups is 2. The van der Waals surface area contributed by atoms with Crippen LogP contribution < -0.4 is 9.47 Å². The topological polar surface area (TPSA) is 59.1 Å². The number of methoxy groups -OCH3 is 1. The van der Waals surface area contributed by atoms with Crippen LogP contribution in [0, 0.1) is 0 Å². The van der Waals surface area contributed by atoms with Crippen molar-refractivity contribution in [1.29, 1.82) is 0 Å². The average molecular weight is 521 g/mol. The summed E-state index contributed by atoms with van der Waals surface area (Å²) in [4.78, 5) is 31.8. The van der Waals surface area contributed by atoms with Crippen molar-refractivity contribution in [2.24, 2.45) is 0 Å². The zero-order valence-electron chi connectivity index (χ0n) is 22.1. The van der Waals surface area contributed by atoms with Gasteiger partial charge in [0.15, 0.2) is 0 Å². The summed E-state index contributed by atoms with van der Waals surface area (Å²) in [5.74, 6) is 1.64. The van der Waals surface area contributed by atoms with Crippen molar-refractivity contribution in [1.82, 2.24) is 9.80 Å². The second-order valence-corrected chi connectivity index (χ2v) is 10.6. The first kappa shape index (κ1) is 26.7. The van der Waals surface area contributed by atoms with Crippen LogP contribution in [0.5, 0.6) is 11.5 Å². The van der Waals surface area contributed by atoms with Crippen LogP contribution in [0.2, 0.25) is 0 Å². The minimum atomic E-state index is -0.192. The highest BCUT2D eigenvalue weighted by molar-refractivity contribution is 7.10. The van der Waals surface area contributed by atoms with E-state index in [1.54, 1.807) is 47.6 Å². The number of amides is 2. The van der Waals surface area contributed by atoms with Gasteiger partial charge in [-0.05, 0) is 71.7 Å². The van der Waals surface area contributed by atoms with Crippen LogP contribution in [-0.2, 0) is 11.2 Å². The highest BCUT2D eigenvalue weighted by atomic mass is 32.1. The van der Waals surface area contributed by atoms with E-state index in [0.717, 1.165) is 24.2 Å². The molecule has 0 N–H and O–H groups in total. The number of fused-ring (bicyclic) bond motifs is 1. The SMILES string of the molecule is CCCN(CC(=O)N1CCc2sccc2[C@H]1COc1ccc(C(C)C)cc1)C(=O)c1cccc(OC)c1. The van der Waals surface area contributed by atoms with Gasteiger partial charge in [0.05, 0.1) is 13.2 Å². The second-order valence-electron chi connectivity index (χ2n) is 9.65. The molecule has 0 saturated heterocycles. The molecule has 0 radical (unpaired) electrons. The summed E-state index contributed by atoms with van der Waals surface area (Å²) in [6.07, 6.45) is 1.58. The third-order valence-electron chi connectivity index (χ3n) is 6.79. The maximum Gasteiger partial charge on any atom is 0.254 e. The van der Waals surface area contributed by atoms with E-state index in [4.69, 9.17) is 9.47 Å². The number of nitrogens with zero attached hydrogens (tertiary/aromatic N) is 2. The fraction of sp³-hybridized carbons (Fsp3) is 0.400. The molecule has 0 aliphatic carbocycles. The normalized spacial score (nSPS) is 14.8. The minimum absolute atomic E-state index is 0.0307. The quantitative estimate of drug-likeness (QED) is 0.332. The number of carbonyl (C=O) groups excluding carboxylic acids is 2. The fourth-order valence-corrected chi connectivity index (χ4v) is 5.64. The molecule has 1 atom stereocenters. The van der Waals surface area contributed by atoms with Crippen LogP contribution in [0.1, 0.15) is 65.5 Å². The Balaban J connectivity index is 1.50. The monoisotopic (exact) mass is 520 g/mol. The summed E-state index contributed by atoms with van der Waals surface area (Å²) in [5, 5.41) is 2.08. The molecule has 7 heteroatoms. The van der Waals surface area contributed by atoms with E-state index < -0.39 is 0 Å². The van der Waals surface area contributed by atoms with Gasteiger partial charge >= 0.3 is 0 Å². The molecule has 3 aromatic rings. The summed E-state index contributed by atoms with van der Waals surface area (Å²) in [6.45, 7) is 7.86. The Hall–Kier alpha value is -3.32. The van der Waals surface area contributed by atoms with Crippen LogP contribution in [0.15, 0.2) is 60.0 Å². The maximum atomic E-state index is 13.7. The van der Waals surface area contributed by atoms with Crippen LogP contribution in [-0.4, -0.2) is 55.0 Å². The molecule has 37 heavy (non-hydrogen) atoms. The first-order chi connectivity index (χ1) is 17.9. The largest absolute Gasteiger partial charge is 0.497 e.